The van der Waals surface area contributed by atoms with Gasteiger partial charge in [0, 0.05) is 0 Å². The average Bonchev–Trinajstić information content (AvgIpc) is 3.00. The van der Waals surface area contributed by atoms with Crippen molar-refractivity contribution in [1.82, 2.24) is 4.57 Å². The highest BCUT2D eigenvalue weighted by Gasteiger charge is 2.27. The van der Waals surface area contributed by atoms with Crippen LogP contribution >= 0.6 is 7.82 Å². The highest BCUT2D eigenvalue weighted by molar-refractivity contribution is 7.46. The molecule has 1 heterocycles. The Labute approximate surface area is 166 Å². The third-order valence-corrected chi connectivity index (χ3v) is 5.05. The Kier molecular flexibility index (Phi) is 9.16. The second-order valence-electron chi connectivity index (χ2n) is 7.05. The lowest BCUT2D eigenvalue weighted by Crippen LogP contribution is -2.34. The van der Waals surface area contributed by atoms with Gasteiger partial charge in [-0.05, 0) is 49.8 Å². The Hall–Kier alpha value is -1.69. The zero-order valence-electron chi connectivity index (χ0n) is 16.5. The fraction of sp³-hybridized carbons (Fsp3) is 0.550. The van der Waals surface area contributed by atoms with Crippen LogP contribution in [-0.4, -0.2) is 14.4 Å². The standard InChI is InChI=1S/C20H30FN2O4P/c1-2-3-4-5-7-14-22-16-17-23(20(22)27-28(24,25)26)15-8-6-9-18-10-12-19(21)13-11-18/h10-13,16-17H,2-9,14-15H2,1H3,(H-,24,25,26)/p+1. The first-order valence-electron chi connectivity index (χ1n) is 9.97. The zero-order valence-corrected chi connectivity index (χ0v) is 17.4. The maximum absolute atomic E-state index is 12.9. The summed E-state index contributed by atoms with van der Waals surface area (Å²) in [5, 5.41) is 0. The fourth-order valence-electron chi connectivity index (χ4n) is 3.15. The number of unbranched alkanes of at least 4 members (excludes halogenated alkanes) is 5. The van der Waals surface area contributed by atoms with Crippen LogP contribution in [0, 0.1) is 5.82 Å². The van der Waals surface area contributed by atoms with Gasteiger partial charge in [-0.3, -0.25) is 9.79 Å². The summed E-state index contributed by atoms with van der Waals surface area (Å²) in [6.07, 6.45) is 11.7. The summed E-state index contributed by atoms with van der Waals surface area (Å²) >= 11 is 0. The van der Waals surface area contributed by atoms with Crippen molar-refractivity contribution in [3.8, 4) is 6.01 Å². The molecular formula is C20H31FN2O4P+. The van der Waals surface area contributed by atoms with Crippen molar-refractivity contribution in [3.05, 3.63) is 48.0 Å². The second kappa shape index (κ2) is 11.3. The number of halogens is 1. The van der Waals surface area contributed by atoms with Crippen LogP contribution in [0.1, 0.15) is 57.4 Å². The lowest BCUT2D eigenvalue weighted by Gasteiger charge is -2.07. The number of nitrogens with zero attached hydrogens (tertiary/aromatic N) is 2. The van der Waals surface area contributed by atoms with Gasteiger partial charge in [-0.1, -0.05) is 38.3 Å². The normalized spacial score (nSPS) is 11.7. The minimum Gasteiger partial charge on any atom is -0.334 e. The Balaban J connectivity index is 1.90. The summed E-state index contributed by atoms with van der Waals surface area (Å²) in [5.74, 6) is -0.241. The highest BCUT2D eigenvalue weighted by Crippen LogP contribution is 2.36. The number of hydrogen-bond donors (Lipinski definition) is 2. The molecule has 1 aromatic carbocycles. The Morgan fingerprint density at radius 1 is 1.07 bits per heavy atom. The molecule has 1 aromatic heterocycles. The van der Waals surface area contributed by atoms with Crippen LogP contribution in [0.5, 0.6) is 6.01 Å². The fourth-order valence-corrected chi connectivity index (χ4v) is 3.58. The van der Waals surface area contributed by atoms with Gasteiger partial charge in [0.25, 0.3) is 0 Å². The Morgan fingerprint density at radius 2 is 1.79 bits per heavy atom. The molecule has 0 aliphatic rings. The van der Waals surface area contributed by atoms with Gasteiger partial charge in [0.05, 0.1) is 13.1 Å². The first-order valence-corrected chi connectivity index (χ1v) is 11.5. The molecule has 0 spiro atoms. The lowest BCUT2D eigenvalue weighted by molar-refractivity contribution is -0.699. The number of aryl methyl sites for hydroxylation is 3. The van der Waals surface area contributed by atoms with E-state index < -0.39 is 7.82 Å². The summed E-state index contributed by atoms with van der Waals surface area (Å²) in [6.45, 7) is 3.43. The molecular weight excluding hydrogens is 382 g/mol. The minimum atomic E-state index is -4.63. The maximum Gasteiger partial charge on any atom is 0.529 e. The van der Waals surface area contributed by atoms with E-state index in [2.05, 4.69) is 6.92 Å². The summed E-state index contributed by atoms with van der Waals surface area (Å²) in [6, 6.07) is 6.66. The van der Waals surface area contributed by atoms with E-state index in [1.54, 1.807) is 27.5 Å². The number of phosphoric acid groups is 1. The molecule has 2 aromatic rings. The predicted octanol–water partition coefficient (Wildman–Crippen LogP) is 4.38. The Morgan fingerprint density at radius 3 is 2.46 bits per heavy atom. The predicted molar refractivity (Wildman–Crippen MR) is 105 cm³/mol. The lowest BCUT2D eigenvalue weighted by atomic mass is 10.1. The molecule has 0 unspecified atom stereocenters. The van der Waals surface area contributed by atoms with Crippen molar-refractivity contribution >= 4 is 7.82 Å². The van der Waals surface area contributed by atoms with Crippen LogP contribution in [0.25, 0.3) is 0 Å². The zero-order chi connectivity index (χ0) is 20.4. The molecule has 156 valence electrons. The number of imidazole rings is 1. The largest absolute Gasteiger partial charge is 0.529 e. The maximum atomic E-state index is 12.9. The van der Waals surface area contributed by atoms with E-state index in [9.17, 15) is 18.7 Å². The molecule has 28 heavy (non-hydrogen) atoms. The second-order valence-corrected chi connectivity index (χ2v) is 8.21. The van der Waals surface area contributed by atoms with Gasteiger partial charge in [-0.2, -0.15) is 9.13 Å². The first-order chi connectivity index (χ1) is 13.4. The third-order valence-electron chi connectivity index (χ3n) is 4.65. The molecule has 0 fully saturated rings. The van der Waals surface area contributed by atoms with Crippen molar-refractivity contribution in [2.45, 2.75) is 71.4 Å². The molecule has 0 aliphatic heterocycles. The molecule has 8 heteroatoms. The molecule has 0 saturated heterocycles. The highest BCUT2D eigenvalue weighted by atomic mass is 31.2. The van der Waals surface area contributed by atoms with Gasteiger partial charge in [0.15, 0.2) is 0 Å². The molecule has 0 bridgehead atoms. The molecule has 0 aliphatic carbocycles. The molecule has 0 amide bonds. The quantitative estimate of drug-likeness (QED) is 0.290. The monoisotopic (exact) mass is 413 g/mol. The first kappa shape index (κ1) is 22.6. The van der Waals surface area contributed by atoms with Crippen molar-refractivity contribution in [1.29, 1.82) is 0 Å². The smallest absolute Gasteiger partial charge is 0.334 e. The summed E-state index contributed by atoms with van der Waals surface area (Å²) in [7, 11) is -4.63. The van der Waals surface area contributed by atoms with Crippen LogP contribution in [0.3, 0.4) is 0 Å². The number of hydrogen-bond acceptors (Lipinski definition) is 2. The molecule has 0 radical (unpaired) electrons. The molecule has 2 N–H and O–H groups in total. The van der Waals surface area contributed by atoms with E-state index in [1.807, 2.05) is 6.20 Å². The SMILES string of the molecule is CCCCCCC[n+]1ccn(CCCCc2ccc(F)cc2)c1OP(=O)(O)O. The van der Waals surface area contributed by atoms with Crippen LogP contribution in [0.15, 0.2) is 36.7 Å². The van der Waals surface area contributed by atoms with E-state index in [4.69, 9.17) is 4.52 Å². The average molecular weight is 413 g/mol. The van der Waals surface area contributed by atoms with Gasteiger partial charge in [-0.15, -0.1) is 0 Å². The number of rotatable bonds is 13. The van der Waals surface area contributed by atoms with Crippen molar-refractivity contribution in [2.24, 2.45) is 0 Å². The van der Waals surface area contributed by atoms with Crippen molar-refractivity contribution in [3.63, 3.8) is 0 Å². The summed E-state index contributed by atoms with van der Waals surface area (Å²) in [5.41, 5.74) is 1.07. The van der Waals surface area contributed by atoms with E-state index in [-0.39, 0.29) is 11.8 Å². The van der Waals surface area contributed by atoms with Crippen LogP contribution in [0.2, 0.25) is 0 Å². The Bertz CT molecular complexity index is 758. The van der Waals surface area contributed by atoms with Crippen LogP contribution in [-0.2, 0) is 24.1 Å². The van der Waals surface area contributed by atoms with E-state index in [0.29, 0.717) is 13.1 Å². The van der Waals surface area contributed by atoms with Crippen molar-refractivity contribution in [2.75, 3.05) is 0 Å². The number of phosphoric ester groups is 1. The van der Waals surface area contributed by atoms with E-state index in [1.165, 1.54) is 25.0 Å². The van der Waals surface area contributed by atoms with Gasteiger partial charge in [-0.25, -0.2) is 8.96 Å². The van der Waals surface area contributed by atoms with Gasteiger partial charge in [0.2, 0.25) is 0 Å². The molecule has 6 nitrogen and oxygen atoms in total. The summed E-state index contributed by atoms with van der Waals surface area (Å²) in [4.78, 5) is 18.5. The van der Waals surface area contributed by atoms with Crippen molar-refractivity contribution < 1.29 is 27.8 Å². The van der Waals surface area contributed by atoms with E-state index in [0.717, 1.165) is 44.1 Å². The summed E-state index contributed by atoms with van der Waals surface area (Å²) < 4.78 is 32.8. The number of benzene rings is 1. The van der Waals surface area contributed by atoms with Gasteiger partial charge >= 0.3 is 13.8 Å². The molecule has 0 atom stereocenters. The minimum absolute atomic E-state index is 0.200. The molecule has 2 rings (SSSR count). The van der Waals surface area contributed by atoms with Crippen LogP contribution in [0.4, 0.5) is 4.39 Å². The third kappa shape index (κ3) is 8.13. The number of aromatic nitrogens is 2. The van der Waals surface area contributed by atoms with Gasteiger partial charge in [0.1, 0.15) is 18.2 Å². The van der Waals surface area contributed by atoms with Crippen LogP contribution < -0.4 is 9.09 Å². The molecule has 0 saturated carbocycles. The van der Waals surface area contributed by atoms with E-state index >= 15 is 0 Å². The van der Waals surface area contributed by atoms with Gasteiger partial charge < -0.3 is 4.52 Å². The topological polar surface area (TPSA) is 75.6 Å².